The molecule has 4 heteroatoms. The Bertz CT molecular complexity index is 295. The van der Waals surface area contributed by atoms with E-state index in [1.165, 1.54) is 0 Å². The molecule has 1 heterocycles. The van der Waals surface area contributed by atoms with Crippen molar-refractivity contribution < 1.29 is 19.1 Å². The van der Waals surface area contributed by atoms with Crippen LogP contribution in [-0.2, 0) is 19.1 Å². The van der Waals surface area contributed by atoms with Crippen molar-refractivity contribution in [2.45, 2.75) is 32.0 Å². The molecule has 1 saturated heterocycles. The van der Waals surface area contributed by atoms with Gasteiger partial charge in [-0.25, -0.2) is 0 Å². The van der Waals surface area contributed by atoms with Crippen LogP contribution in [0.4, 0.5) is 0 Å². The van der Waals surface area contributed by atoms with E-state index in [2.05, 4.69) is 6.08 Å². The van der Waals surface area contributed by atoms with Crippen molar-refractivity contribution in [1.29, 1.82) is 0 Å². The summed E-state index contributed by atoms with van der Waals surface area (Å²) in [5.41, 5.74) is 0. The molecule has 0 N–H and O–H groups in total. The lowest BCUT2D eigenvalue weighted by atomic mass is 9.95. The molecular weight excluding hydrogens is 196 g/mol. The molecule has 2 rings (SSSR count). The fourth-order valence-corrected chi connectivity index (χ4v) is 1.79. The summed E-state index contributed by atoms with van der Waals surface area (Å²) >= 11 is 0. The van der Waals surface area contributed by atoms with Gasteiger partial charge in [-0.05, 0) is 19.3 Å². The molecule has 0 saturated carbocycles. The van der Waals surface area contributed by atoms with Crippen LogP contribution < -0.4 is 0 Å². The smallest absolute Gasteiger partial charge is 0.311 e. The summed E-state index contributed by atoms with van der Waals surface area (Å²) < 4.78 is 10.0. The number of carbonyl (C=O) groups excluding carboxylic acids is 2. The third kappa shape index (κ3) is 2.45. The zero-order valence-corrected chi connectivity index (χ0v) is 8.48. The van der Waals surface area contributed by atoms with Crippen LogP contribution in [-0.4, -0.2) is 24.6 Å². The van der Waals surface area contributed by atoms with E-state index in [4.69, 9.17) is 9.47 Å². The second-order valence-electron chi connectivity index (χ2n) is 3.84. The number of rotatable bonds is 2. The zero-order valence-electron chi connectivity index (χ0n) is 8.48. The SMILES string of the molecule is O=C(OC1OCCC1=O)C1CC=CCC1. The van der Waals surface area contributed by atoms with Crippen LogP contribution in [0.1, 0.15) is 25.7 Å². The number of hydrogen-bond acceptors (Lipinski definition) is 4. The van der Waals surface area contributed by atoms with Gasteiger partial charge in [0.25, 0.3) is 6.29 Å². The van der Waals surface area contributed by atoms with E-state index >= 15 is 0 Å². The average Bonchev–Trinajstić information content (AvgIpc) is 2.66. The number of ketones is 1. The first-order valence-corrected chi connectivity index (χ1v) is 5.27. The van der Waals surface area contributed by atoms with Crippen molar-refractivity contribution in [2.24, 2.45) is 5.92 Å². The summed E-state index contributed by atoms with van der Waals surface area (Å²) in [6, 6.07) is 0. The van der Waals surface area contributed by atoms with Gasteiger partial charge in [-0.1, -0.05) is 12.2 Å². The predicted molar refractivity (Wildman–Crippen MR) is 51.9 cm³/mol. The Morgan fingerprint density at radius 1 is 1.47 bits per heavy atom. The van der Waals surface area contributed by atoms with Crippen LogP contribution >= 0.6 is 0 Å². The number of esters is 1. The Kier molecular flexibility index (Phi) is 3.16. The molecule has 0 amide bonds. The fraction of sp³-hybridized carbons (Fsp3) is 0.636. The minimum Gasteiger partial charge on any atom is -0.428 e. The van der Waals surface area contributed by atoms with E-state index in [9.17, 15) is 9.59 Å². The minimum atomic E-state index is -0.941. The number of Topliss-reactive ketones (excluding diaryl/α,β-unsaturated/α-hetero) is 1. The molecule has 0 aromatic carbocycles. The Morgan fingerprint density at radius 2 is 2.33 bits per heavy atom. The number of hydrogen-bond donors (Lipinski definition) is 0. The van der Waals surface area contributed by atoms with E-state index < -0.39 is 6.29 Å². The van der Waals surface area contributed by atoms with E-state index in [-0.39, 0.29) is 17.7 Å². The van der Waals surface area contributed by atoms with Crippen LogP contribution in [0.2, 0.25) is 0 Å². The van der Waals surface area contributed by atoms with Crippen molar-refractivity contribution in [3.8, 4) is 0 Å². The summed E-state index contributed by atoms with van der Waals surface area (Å²) in [5.74, 6) is -0.540. The normalized spacial score (nSPS) is 30.5. The van der Waals surface area contributed by atoms with E-state index in [1.54, 1.807) is 0 Å². The van der Waals surface area contributed by atoms with Crippen LogP contribution in [0.5, 0.6) is 0 Å². The molecule has 2 unspecified atom stereocenters. The Morgan fingerprint density at radius 3 is 2.93 bits per heavy atom. The molecule has 0 spiro atoms. The summed E-state index contributed by atoms with van der Waals surface area (Å²) in [4.78, 5) is 22.8. The van der Waals surface area contributed by atoms with Gasteiger partial charge in [0, 0.05) is 6.42 Å². The summed E-state index contributed by atoms with van der Waals surface area (Å²) in [5, 5.41) is 0. The van der Waals surface area contributed by atoms with Crippen molar-refractivity contribution in [1.82, 2.24) is 0 Å². The first kappa shape index (κ1) is 10.4. The molecule has 0 radical (unpaired) electrons. The van der Waals surface area contributed by atoms with E-state index in [1.807, 2.05) is 6.08 Å². The maximum absolute atomic E-state index is 11.6. The highest BCUT2D eigenvalue weighted by Gasteiger charge is 2.31. The molecule has 82 valence electrons. The third-order valence-electron chi connectivity index (χ3n) is 2.71. The Labute approximate surface area is 88.2 Å². The lowest BCUT2D eigenvalue weighted by molar-refractivity contribution is -0.178. The van der Waals surface area contributed by atoms with Crippen LogP contribution in [0.3, 0.4) is 0 Å². The molecule has 1 aliphatic carbocycles. The Hall–Kier alpha value is -1.16. The maximum Gasteiger partial charge on any atom is 0.311 e. The molecule has 0 aromatic rings. The molecule has 2 aliphatic rings. The van der Waals surface area contributed by atoms with Crippen molar-refractivity contribution in [3.05, 3.63) is 12.2 Å². The van der Waals surface area contributed by atoms with Crippen LogP contribution in [0, 0.1) is 5.92 Å². The van der Waals surface area contributed by atoms with Gasteiger partial charge in [-0.15, -0.1) is 0 Å². The molecule has 0 aromatic heterocycles. The lowest BCUT2D eigenvalue weighted by Gasteiger charge is -2.18. The molecular formula is C11H14O4. The molecule has 4 nitrogen and oxygen atoms in total. The van der Waals surface area contributed by atoms with Gasteiger partial charge in [-0.3, -0.25) is 9.59 Å². The van der Waals surface area contributed by atoms with Gasteiger partial charge in [0.1, 0.15) is 0 Å². The largest absolute Gasteiger partial charge is 0.428 e. The summed E-state index contributed by atoms with van der Waals surface area (Å²) in [7, 11) is 0. The van der Waals surface area contributed by atoms with Gasteiger partial charge in [-0.2, -0.15) is 0 Å². The highest BCUT2D eigenvalue weighted by atomic mass is 16.7. The van der Waals surface area contributed by atoms with E-state index in [0.29, 0.717) is 19.4 Å². The molecule has 15 heavy (non-hydrogen) atoms. The zero-order chi connectivity index (χ0) is 10.7. The minimum absolute atomic E-state index is 0.105. The summed E-state index contributed by atoms with van der Waals surface area (Å²) in [6.45, 7) is 0.362. The summed E-state index contributed by atoms with van der Waals surface area (Å²) in [6.07, 6.45) is 5.86. The van der Waals surface area contributed by atoms with Crippen molar-refractivity contribution in [2.75, 3.05) is 6.61 Å². The number of allylic oxidation sites excluding steroid dienone is 2. The highest BCUT2D eigenvalue weighted by molar-refractivity contribution is 5.86. The second-order valence-corrected chi connectivity index (χ2v) is 3.84. The van der Waals surface area contributed by atoms with Crippen LogP contribution in [0.25, 0.3) is 0 Å². The fourth-order valence-electron chi connectivity index (χ4n) is 1.79. The molecule has 2 atom stereocenters. The number of ether oxygens (including phenoxy) is 2. The van der Waals surface area contributed by atoms with Gasteiger partial charge < -0.3 is 9.47 Å². The second kappa shape index (κ2) is 4.57. The molecule has 1 fully saturated rings. The quantitative estimate of drug-likeness (QED) is 0.507. The van der Waals surface area contributed by atoms with E-state index in [0.717, 1.165) is 12.8 Å². The molecule has 0 bridgehead atoms. The van der Waals surface area contributed by atoms with Gasteiger partial charge in [0.2, 0.25) is 5.78 Å². The van der Waals surface area contributed by atoms with Crippen molar-refractivity contribution in [3.63, 3.8) is 0 Å². The average molecular weight is 210 g/mol. The topological polar surface area (TPSA) is 52.6 Å². The first-order valence-electron chi connectivity index (χ1n) is 5.27. The maximum atomic E-state index is 11.6. The standard InChI is InChI=1S/C11H14O4/c12-9-6-7-14-11(9)15-10(13)8-4-2-1-3-5-8/h1-2,8,11H,3-7H2. The highest BCUT2D eigenvalue weighted by Crippen LogP contribution is 2.21. The number of carbonyl (C=O) groups is 2. The third-order valence-corrected chi connectivity index (χ3v) is 2.71. The first-order chi connectivity index (χ1) is 7.27. The van der Waals surface area contributed by atoms with Crippen LogP contribution in [0.15, 0.2) is 12.2 Å². The predicted octanol–water partition coefficient (Wildman–Crippen LogP) is 1.20. The van der Waals surface area contributed by atoms with Gasteiger partial charge in [0.05, 0.1) is 12.5 Å². The Balaban J connectivity index is 1.86. The lowest BCUT2D eigenvalue weighted by Crippen LogP contribution is -2.28. The van der Waals surface area contributed by atoms with Gasteiger partial charge in [0.15, 0.2) is 0 Å². The monoisotopic (exact) mass is 210 g/mol. The van der Waals surface area contributed by atoms with Crippen molar-refractivity contribution >= 4 is 11.8 Å². The van der Waals surface area contributed by atoms with Gasteiger partial charge >= 0.3 is 5.97 Å². The molecule has 1 aliphatic heterocycles.